The van der Waals surface area contributed by atoms with E-state index in [4.69, 9.17) is 14.7 Å². The molecule has 2 aromatic carbocycles. The molecule has 7 heteroatoms. The van der Waals surface area contributed by atoms with E-state index in [1.54, 1.807) is 0 Å². The molecule has 0 bridgehead atoms. The Kier molecular flexibility index (Phi) is 3.88. The standard InChI is InChI=1S/C18H13FN4O2/c19-15-6-13(9-23-11-21-16(8-20)22-23)17-14(7-15)10-24-18(25-17)12-4-2-1-3-5-12/h1-7,11,18H,9-10H2/t18-/m1/s1. The van der Waals surface area contributed by atoms with Crippen molar-refractivity contribution in [2.45, 2.75) is 19.4 Å². The molecule has 3 aromatic rings. The Hall–Kier alpha value is -3.24. The van der Waals surface area contributed by atoms with Crippen LogP contribution in [0.5, 0.6) is 5.75 Å². The third kappa shape index (κ3) is 3.07. The molecule has 0 saturated carbocycles. The normalized spacial score (nSPS) is 15.9. The van der Waals surface area contributed by atoms with E-state index < -0.39 is 6.29 Å². The average molecular weight is 336 g/mol. The Morgan fingerprint density at radius 2 is 2.12 bits per heavy atom. The molecular formula is C18H13FN4O2. The van der Waals surface area contributed by atoms with Crippen LogP contribution < -0.4 is 4.74 Å². The fourth-order valence-corrected chi connectivity index (χ4v) is 2.77. The maximum absolute atomic E-state index is 13.9. The van der Waals surface area contributed by atoms with Crippen molar-refractivity contribution in [1.29, 1.82) is 5.26 Å². The van der Waals surface area contributed by atoms with E-state index in [0.717, 1.165) is 5.56 Å². The van der Waals surface area contributed by atoms with Crippen molar-refractivity contribution in [3.63, 3.8) is 0 Å². The molecule has 1 atom stereocenters. The summed E-state index contributed by atoms with van der Waals surface area (Å²) in [6.07, 6.45) is 0.882. The first-order valence-electron chi connectivity index (χ1n) is 7.67. The van der Waals surface area contributed by atoms with E-state index in [0.29, 0.717) is 16.9 Å². The van der Waals surface area contributed by atoms with Crippen LogP contribution in [0.1, 0.15) is 28.8 Å². The van der Waals surface area contributed by atoms with Gasteiger partial charge < -0.3 is 9.47 Å². The number of aromatic nitrogens is 3. The highest BCUT2D eigenvalue weighted by Gasteiger charge is 2.25. The van der Waals surface area contributed by atoms with Crippen molar-refractivity contribution in [3.8, 4) is 11.8 Å². The fraction of sp³-hybridized carbons (Fsp3) is 0.167. The second kappa shape index (κ2) is 6.34. The first-order valence-corrected chi connectivity index (χ1v) is 7.67. The predicted molar refractivity (Wildman–Crippen MR) is 84.8 cm³/mol. The fourth-order valence-electron chi connectivity index (χ4n) is 2.77. The van der Waals surface area contributed by atoms with Gasteiger partial charge in [0.2, 0.25) is 6.29 Å². The Labute approximate surface area is 143 Å². The van der Waals surface area contributed by atoms with Crippen molar-refractivity contribution in [1.82, 2.24) is 14.8 Å². The molecular weight excluding hydrogens is 323 g/mol. The number of nitriles is 1. The van der Waals surface area contributed by atoms with E-state index >= 15 is 0 Å². The van der Waals surface area contributed by atoms with E-state index in [1.807, 2.05) is 36.4 Å². The van der Waals surface area contributed by atoms with Crippen LogP contribution in [0, 0.1) is 17.1 Å². The lowest BCUT2D eigenvalue weighted by molar-refractivity contribution is -0.112. The Morgan fingerprint density at radius 1 is 1.28 bits per heavy atom. The van der Waals surface area contributed by atoms with Gasteiger partial charge in [-0.2, -0.15) is 5.26 Å². The minimum Gasteiger partial charge on any atom is -0.460 e. The number of rotatable bonds is 3. The molecule has 0 N–H and O–H groups in total. The van der Waals surface area contributed by atoms with Crippen molar-refractivity contribution in [3.05, 3.63) is 77.1 Å². The zero-order valence-corrected chi connectivity index (χ0v) is 13.1. The molecule has 1 aliphatic heterocycles. The highest BCUT2D eigenvalue weighted by atomic mass is 19.1. The molecule has 6 nitrogen and oxygen atoms in total. The van der Waals surface area contributed by atoms with E-state index in [9.17, 15) is 4.39 Å². The summed E-state index contributed by atoms with van der Waals surface area (Å²) in [5.41, 5.74) is 2.15. The maximum Gasteiger partial charge on any atom is 0.252 e. The van der Waals surface area contributed by atoms with E-state index in [1.165, 1.54) is 23.1 Å². The van der Waals surface area contributed by atoms with Gasteiger partial charge in [0.1, 0.15) is 24.0 Å². The van der Waals surface area contributed by atoms with Gasteiger partial charge in [0.25, 0.3) is 5.82 Å². The van der Waals surface area contributed by atoms with E-state index in [2.05, 4.69) is 10.1 Å². The van der Waals surface area contributed by atoms with Gasteiger partial charge in [-0.25, -0.2) is 14.1 Å². The maximum atomic E-state index is 13.9. The van der Waals surface area contributed by atoms with Gasteiger partial charge in [-0.05, 0) is 12.1 Å². The second-order valence-corrected chi connectivity index (χ2v) is 5.60. The quantitative estimate of drug-likeness (QED) is 0.735. The molecule has 0 fully saturated rings. The summed E-state index contributed by atoms with van der Waals surface area (Å²) in [6.45, 7) is 0.497. The van der Waals surface area contributed by atoms with Gasteiger partial charge in [-0.3, -0.25) is 0 Å². The van der Waals surface area contributed by atoms with Crippen LogP contribution in [-0.2, 0) is 17.9 Å². The number of fused-ring (bicyclic) bond motifs is 1. The monoisotopic (exact) mass is 336 g/mol. The molecule has 2 heterocycles. The minimum atomic E-state index is -0.552. The summed E-state index contributed by atoms with van der Waals surface area (Å²) in [5, 5.41) is 12.8. The van der Waals surface area contributed by atoms with Crippen LogP contribution in [0.25, 0.3) is 0 Å². The highest BCUT2D eigenvalue weighted by molar-refractivity contribution is 5.43. The van der Waals surface area contributed by atoms with Gasteiger partial charge >= 0.3 is 0 Å². The van der Waals surface area contributed by atoms with Gasteiger partial charge in [0.05, 0.1) is 13.2 Å². The lowest BCUT2D eigenvalue weighted by atomic mass is 10.1. The SMILES string of the molecule is N#Cc1ncn(Cc2cc(F)cc3c2O[C@H](c2ccccc2)OC3)n1. The van der Waals surface area contributed by atoms with Crippen LogP contribution in [0.15, 0.2) is 48.8 Å². The molecule has 1 aromatic heterocycles. The van der Waals surface area contributed by atoms with Gasteiger partial charge in [-0.1, -0.05) is 30.3 Å². The molecule has 4 rings (SSSR count). The zero-order valence-electron chi connectivity index (χ0n) is 13.1. The number of benzene rings is 2. The molecule has 0 aliphatic carbocycles. The number of halogens is 1. The Bertz CT molecular complexity index is 949. The number of ether oxygens (including phenoxy) is 2. The third-order valence-corrected chi connectivity index (χ3v) is 3.86. The lowest BCUT2D eigenvalue weighted by Gasteiger charge is -2.28. The Morgan fingerprint density at radius 3 is 2.88 bits per heavy atom. The van der Waals surface area contributed by atoms with Gasteiger partial charge in [-0.15, -0.1) is 5.10 Å². The predicted octanol–water partition coefficient (Wildman–Crippen LogP) is 2.94. The zero-order chi connectivity index (χ0) is 17.2. The summed E-state index contributed by atoms with van der Waals surface area (Å²) in [7, 11) is 0. The van der Waals surface area contributed by atoms with Crippen LogP contribution in [-0.4, -0.2) is 14.8 Å². The third-order valence-electron chi connectivity index (χ3n) is 3.86. The minimum absolute atomic E-state index is 0.0664. The molecule has 0 unspecified atom stereocenters. The Balaban J connectivity index is 1.67. The second-order valence-electron chi connectivity index (χ2n) is 5.60. The van der Waals surface area contributed by atoms with Crippen molar-refractivity contribution < 1.29 is 13.9 Å². The van der Waals surface area contributed by atoms with Crippen LogP contribution >= 0.6 is 0 Å². The number of nitrogens with zero attached hydrogens (tertiary/aromatic N) is 4. The largest absolute Gasteiger partial charge is 0.460 e. The summed E-state index contributed by atoms with van der Waals surface area (Å²) in [6, 6.07) is 14.2. The summed E-state index contributed by atoms with van der Waals surface area (Å²) in [5.74, 6) is 0.270. The molecule has 0 spiro atoms. The molecule has 1 aliphatic rings. The molecule has 0 amide bonds. The van der Waals surface area contributed by atoms with E-state index in [-0.39, 0.29) is 24.8 Å². The van der Waals surface area contributed by atoms with Crippen LogP contribution in [0.4, 0.5) is 4.39 Å². The van der Waals surface area contributed by atoms with Crippen LogP contribution in [0.2, 0.25) is 0 Å². The highest BCUT2D eigenvalue weighted by Crippen LogP contribution is 2.36. The summed E-state index contributed by atoms with van der Waals surface area (Å²) in [4.78, 5) is 3.86. The number of hydrogen-bond acceptors (Lipinski definition) is 5. The lowest BCUT2D eigenvalue weighted by Crippen LogP contribution is -2.20. The topological polar surface area (TPSA) is 73.0 Å². The first-order chi connectivity index (χ1) is 12.2. The van der Waals surface area contributed by atoms with Gasteiger partial charge in [0.15, 0.2) is 0 Å². The summed E-state index contributed by atoms with van der Waals surface area (Å²) < 4.78 is 27.1. The van der Waals surface area contributed by atoms with Gasteiger partial charge in [0, 0.05) is 16.7 Å². The molecule has 124 valence electrons. The van der Waals surface area contributed by atoms with Crippen molar-refractivity contribution >= 4 is 0 Å². The first kappa shape index (κ1) is 15.3. The number of hydrogen-bond donors (Lipinski definition) is 0. The molecule has 0 radical (unpaired) electrons. The summed E-state index contributed by atoms with van der Waals surface area (Å²) >= 11 is 0. The van der Waals surface area contributed by atoms with Crippen LogP contribution in [0.3, 0.4) is 0 Å². The van der Waals surface area contributed by atoms with Crippen molar-refractivity contribution in [2.24, 2.45) is 0 Å². The van der Waals surface area contributed by atoms with Crippen molar-refractivity contribution in [2.75, 3.05) is 0 Å². The average Bonchev–Trinajstić information content (AvgIpc) is 3.10. The molecule has 0 saturated heterocycles. The molecule has 25 heavy (non-hydrogen) atoms. The smallest absolute Gasteiger partial charge is 0.252 e.